The largest absolute Gasteiger partial charge is 0.337 e. The molecule has 0 aromatic carbocycles. The molecule has 0 unspecified atom stereocenters. The van der Waals surface area contributed by atoms with Gasteiger partial charge in [-0.05, 0) is 25.0 Å². The number of rotatable bonds is 4. The van der Waals surface area contributed by atoms with Gasteiger partial charge in [-0.1, -0.05) is 6.07 Å². The molecule has 4 nitrogen and oxygen atoms in total. The summed E-state index contributed by atoms with van der Waals surface area (Å²) in [4.78, 5) is 19.0. The summed E-state index contributed by atoms with van der Waals surface area (Å²) in [5.74, 6) is 0. The van der Waals surface area contributed by atoms with Crippen molar-refractivity contribution < 1.29 is 4.79 Å². The Kier molecular flexibility index (Phi) is 3.10. The van der Waals surface area contributed by atoms with Gasteiger partial charge in [-0.3, -0.25) is 9.78 Å². The SMILES string of the molecule is Cn1cnc(C=O)c1CCc1ccccn1. The van der Waals surface area contributed by atoms with Crippen molar-refractivity contribution in [2.45, 2.75) is 12.8 Å². The van der Waals surface area contributed by atoms with Gasteiger partial charge in [-0.2, -0.15) is 0 Å². The molecule has 0 aliphatic heterocycles. The molecule has 2 aromatic heterocycles. The maximum Gasteiger partial charge on any atom is 0.170 e. The molecular formula is C12H13N3O. The lowest BCUT2D eigenvalue weighted by molar-refractivity contribution is 0.111. The highest BCUT2D eigenvalue weighted by atomic mass is 16.1. The van der Waals surface area contributed by atoms with E-state index in [1.54, 1.807) is 12.5 Å². The molecule has 0 N–H and O–H groups in total. The van der Waals surface area contributed by atoms with Crippen LogP contribution in [0, 0.1) is 0 Å². The van der Waals surface area contributed by atoms with E-state index >= 15 is 0 Å². The molecule has 0 fully saturated rings. The van der Waals surface area contributed by atoms with Crippen LogP contribution < -0.4 is 0 Å². The fourth-order valence-corrected chi connectivity index (χ4v) is 1.67. The highest BCUT2D eigenvalue weighted by Crippen LogP contribution is 2.08. The Morgan fingerprint density at radius 3 is 2.88 bits per heavy atom. The van der Waals surface area contributed by atoms with E-state index in [0.717, 1.165) is 30.5 Å². The molecular weight excluding hydrogens is 202 g/mol. The van der Waals surface area contributed by atoms with Crippen molar-refractivity contribution in [1.29, 1.82) is 0 Å². The van der Waals surface area contributed by atoms with E-state index in [0.29, 0.717) is 5.69 Å². The fourth-order valence-electron chi connectivity index (χ4n) is 1.67. The predicted octanol–water partition coefficient (Wildman–Crippen LogP) is 1.41. The van der Waals surface area contributed by atoms with E-state index in [9.17, 15) is 4.79 Å². The van der Waals surface area contributed by atoms with Crippen LogP contribution in [-0.2, 0) is 19.9 Å². The van der Waals surface area contributed by atoms with Crippen LogP contribution in [-0.4, -0.2) is 20.8 Å². The van der Waals surface area contributed by atoms with Gasteiger partial charge < -0.3 is 4.57 Å². The van der Waals surface area contributed by atoms with E-state index in [1.807, 2.05) is 29.8 Å². The first-order valence-corrected chi connectivity index (χ1v) is 5.16. The van der Waals surface area contributed by atoms with Gasteiger partial charge >= 0.3 is 0 Å². The Balaban J connectivity index is 2.10. The fraction of sp³-hybridized carbons (Fsp3) is 0.250. The lowest BCUT2D eigenvalue weighted by Gasteiger charge is -2.02. The summed E-state index contributed by atoms with van der Waals surface area (Å²) in [6.07, 6.45) is 5.84. The van der Waals surface area contributed by atoms with Gasteiger partial charge in [-0.15, -0.1) is 0 Å². The second kappa shape index (κ2) is 4.70. The van der Waals surface area contributed by atoms with Crippen molar-refractivity contribution in [3.05, 3.63) is 47.8 Å². The van der Waals surface area contributed by atoms with Gasteiger partial charge in [0, 0.05) is 24.6 Å². The van der Waals surface area contributed by atoms with Crippen molar-refractivity contribution in [2.75, 3.05) is 0 Å². The zero-order valence-corrected chi connectivity index (χ0v) is 9.13. The summed E-state index contributed by atoms with van der Waals surface area (Å²) in [5.41, 5.74) is 2.51. The molecule has 0 atom stereocenters. The van der Waals surface area contributed by atoms with Gasteiger partial charge in [0.25, 0.3) is 0 Å². The van der Waals surface area contributed by atoms with Crippen LogP contribution in [0.3, 0.4) is 0 Å². The Morgan fingerprint density at radius 1 is 1.31 bits per heavy atom. The summed E-state index contributed by atoms with van der Waals surface area (Å²) in [6, 6.07) is 5.84. The monoisotopic (exact) mass is 215 g/mol. The number of imidazole rings is 1. The van der Waals surface area contributed by atoms with E-state index in [4.69, 9.17) is 0 Å². The number of carbonyl (C=O) groups is 1. The number of nitrogens with zero attached hydrogens (tertiary/aromatic N) is 3. The highest BCUT2D eigenvalue weighted by molar-refractivity contribution is 5.73. The predicted molar refractivity (Wildman–Crippen MR) is 60.2 cm³/mol. The van der Waals surface area contributed by atoms with Crippen molar-refractivity contribution in [3.63, 3.8) is 0 Å². The smallest absolute Gasteiger partial charge is 0.170 e. The van der Waals surface area contributed by atoms with Crippen LogP contribution >= 0.6 is 0 Å². The second-order valence-electron chi connectivity index (χ2n) is 3.63. The summed E-state index contributed by atoms with van der Waals surface area (Å²) < 4.78 is 1.88. The zero-order valence-electron chi connectivity index (χ0n) is 9.13. The average Bonchev–Trinajstić information content (AvgIpc) is 2.69. The number of hydrogen-bond donors (Lipinski definition) is 0. The van der Waals surface area contributed by atoms with E-state index in [2.05, 4.69) is 9.97 Å². The molecule has 0 saturated heterocycles. The maximum atomic E-state index is 10.8. The molecule has 0 aliphatic rings. The number of aryl methyl sites for hydroxylation is 2. The van der Waals surface area contributed by atoms with Crippen LogP contribution in [0.25, 0.3) is 0 Å². The highest BCUT2D eigenvalue weighted by Gasteiger charge is 2.07. The number of carbonyl (C=O) groups excluding carboxylic acids is 1. The number of hydrogen-bond acceptors (Lipinski definition) is 3. The van der Waals surface area contributed by atoms with Crippen LogP contribution in [0.15, 0.2) is 30.7 Å². The van der Waals surface area contributed by atoms with Gasteiger partial charge in [-0.25, -0.2) is 4.98 Å². The molecule has 2 heterocycles. The number of pyridine rings is 1. The Hall–Kier alpha value is -1.97. The minimum absolute atomic E-state index is 0.526. The van der Waals surface area contributed by atoms with E-state index in [-0.39, 0.29) is 0 Å². The Labute approximate surface area is 94.0 Å². The van der Waals surface area contributed by atoms with E-state index < -0.39 is 0 Å². The zero-order chi connectivity index (χ0) is 11.4. The van der Waals surface area contributed by atoms with E-state index in [1.165, 1.54) is 0 Å². The molecule has 0 radical (unpaired) electrons. The van der Waals surface area contributed by atoms with Gasteiger partial charge in [0.05, 0.1) is 6.33 Å². The lowest BCUT2D eigenvalue weighted by atomic mass is 10.1. The molecule has 2 rings (SSSR count). The second-order valence-corrected chi connectivity index (χ2v) is 3.63. The summed E-state index contributed by atoms with van der Waals surface area (Å²) in [5, 5.41) is 0. The third kappa shape index (κ3) is 2.16. The molecule has 2 aromatic rings. The average molecular weight is 215 g/mol. The molecule has 16 heavy (non-hydrogen) atoms. The molecule has 0 spiro atoms. The minimum atomic E-state index is 0.526. The quantitative estimate of drug-likeness (QED) is 0.724. The van der Waals surface area contributed by atoms with Gasteiger partial charge in [0.1, 0.15) is 5.69 Å². The van der Waals surface area contributed by atoms with Crippen molar-refractivity contribution in [1.82, 2.24) is 14.5 Å². The molecule has 0 amide bonds. The standard InChI is InChI=1S/C12H13N3O/c1-15-9-14-11(8-16)12(15)6-5-10-4-2-3-7-13-10/h2-4,7-9H,5-6H2,1H3. The van der Waals surface area contributed by atoms with Crippen molar-refractivity contribution in [3.8, 4) is 0 Å². The summed E-state index contributed by atoms with van der Waals surface area (Å²) in [6.45, 7) is 0. The topological polar surface area (TPSA) is 47.8 Å². The van der Waals surface area contributed by atoms with Crippen LogP contribution in [0.2, 0.25) is 0 Å². The third-order valence-electron chi connectivity index (χ3n) is 2.55. The van der Waals surface area contributed by atoms with Gasteiger partial charge in [0.2, 0.25) is 0 Å². The molecule has 0 saturated carbocycles. The lowest BCUT2D eigenvalue weighted by Crippen LogP contribution is -2.02. The van der Waals surface area contributed by atoms with Crippen molar-refractivity contribution >= 4 is 6.29 Å². The third-order valence-corrected chi connectivity index (χ3v) is 2.55. The van der Waals surface area contributed by atoms with Crippen LogP contribution in [0.1, 0.15) is 21.9 Å². The normalized spacial score (nSPS) is 10.3. The first kappa shape index (κ1) is 10.5. The van der Waals surface area contributed by atoms with Crippen LogP contribution in [0.4, 0.5) is 0 Å². The van der Waals surface area contributed by atoms with Crippen LogP contribution in [0.5, 0.6) is 0 Å². The number of aromatic nitrogens is 3. The molecule has 0 aliphatic carbocycles. The first-order valence-electron chi connectivity index (χ1n) is 5.16. The number of aldehydes is 1. The maximum absolute atomic E-state index is 10.8. The summed E-state index contributed by atoms with van der Waals surface area (Å²) >= 11 is 0. The molecule has 0 bridgehead atoms. The Morgan fingerprint density at radius 2 is 2.19 bits per heavy atom. The Bertz CT molecular complexity index is 476. The first-order chi connectivity index (χ1) is 7.81. The van der Waals surface area contributed by atoms with Crippen molar-refractivity contribution in [2.24, 2.45) is 7.05 Å². The van der Waals surface area contributed by atoms with Gasteiger partial charge in [0.15, 0.2) is 6.29 Å². The minimum Gasteiger partial charge on any atom is -0.337 e. The summed E-state index contributed by atoms with van der Waals surface area (Å²) in [7, 11) is 1.90. The molecule has 82 valence electrons. The molecule has 4 heteroatoms.